The van der Waals surface area contributed by atoms with Gasteiger partial charge in [-0.05, 0) is 41.9 Å². The Labute approximate surface area is 158 Å². The van der Waals surface area contributed by atoms with Crippen LogP contribution >= 0.6 is 12.2 Å². The van der Waals surface area contributed by atoms with E-state index in [1.807, 2.05) is 35.2 Å². The molecule has 3 rings (SSSR count). The molecule has 1 heterocycles. The first kappa shape index (κ1) is 18.8. The summed E-state index contributed by atoms with van der Waals surface area (Å²) in [6, 6.07) is 15.9. The summed E-state index contributed by atoms with van der Waals surface area (Å²) in [5.74, 6) is 0.0417. The minimum atomic E-state index is -3.01. The molecule has 2 aromatic carbocycles. The van der Waals surface area contributed by atoms with E-state index in [0.29, 0.717) is 24.6 Å². The summed E-state index contributed by atoms with van der Waals surface area (Å²) in [5, 5.41) is 3.70. The monoisotopic (exact) mass is 392 g/mol. The lowest BCUT2D eigenvalue weighted by Gasteiger charge is -2.31. The maximum absolute atomic E-state index is 13.0. The van der Waals surface area contributed by atoms with E-state index in [1.165, 1.54) is 12.1 Å². The zero-order valence-corrected chi connectivity index (χ0v) is 15.9. The van der Waals surface area contributed by atoms with Crippen LogP contribution in [0.5, 0.6) is 0 Å². The number of hydrogen-bond acceptors (Lipinski definition) is 3. The Kier molecular flexibility index (Phi) is 5.88. The number of sulfone groups is 1. The third-order valence-electron chi connectivity index (χ3n) is 4.46. The highest BCUT2D eigenvalue weighted by Gasteiger charge is 2.33. The van der Waals surface area contributed by atoms with Crippen molar-refractivity contribution in [3.63, 3.8) is 0 Å². The van der Waals surface area contributed by atoms with Gasteiger partial charge in [0.15, 0.2) is 14.9 Å². The van der Waals surface area contributed by atoms with Gasteiger partial charge in [0.05, 0.1) is 11.5 Å². The van der Waals surface area contributed by atoms with Gasteiger partial charge in [-0.25, -0.2) is 12.8 Å². The van der Waals surface area contributed by atoms with Crippen molar-refractivity contribution in [2.24, 2.45) is 0 Å². The van der Waals surface area contributed by atoms with Gasteiger partial charge in [-0.3, -0.25) is 0 Å². The van der Waals surface area contributed by atoms with Crippen molar-refractivity contribution in [3.05, 3.63) is 71.5 Å². The average Bonchev–Trinajstić information content (AvgIpc) is 2.99. The summed E-state index contributed by atoms with van der Waals surface area (Å²) < 4.78 is 36.8. The first-order valence-corrected chi connectivity index (χ1v) is 10.7. The molecule has 1 N–H and O–H groups in total. The van der Waals surface area contributed by atoms with Gasteiger partial charge in [0, 0.05) is 19.1 Å². The van der Waals surface area contributed by atoms with Crippen LogP contribution in [0.2, 0.25) is 0 Å². The quantitative estimate of drug-likeness (QED) is 0.793. The zero-order chi connectivity index (χ0) is 18.6. The van der Waals surface area contributed by atoms with Gasteiger partial charge in [-0.2, -0.15) is 0 Å². The van der Waals surface area contributed by atoms with E-state index in [0.717, 1.165) is 11.1 Å². The summed E-state index contributed by atoms with van der Waals surface area (Å²) in [4.78, 5) is 1.96. The number of hydrogen-bond donors (Lipinski definition) is 1. The number of nitrogens with zero attached hydrogens (tertiary/aromatic N) is 1. The first-order chi connectivity index (χ1) is 12.4. The smallest absolute Gasteiger partial charge is 0.169 e. The summed E-state index contributed by atoms with van der Waals surface area (Å²) in [6.07, 6.45) is 0.577. The van der Waals surface area contributed by atoms with Crippen LogP contribution in [-0.4, -0.2) is 36.0 Å². The van der Waals surface area contributed by atoms with Gasteiger partial charge in [-0.1, -0.05) is 42.5 Å². The largest absolute Gasteiger partial charge is 0.358 e. The van der Waals surface area contributed by atoms with Gasteiger partial charge in [0.2, 0.25) is 0 Å². The molecular weight excluding hydrogens is 371 g/mol. The number of thiocarbonyl (C=S) groups is 1. The van der Waals surface area contributed by atoms with E-state index >= 15 is 0 Å². The normalized spacial score (nSPS) is 18.4. The second-order valence-electron chi connectivity index (χ2n) is 6.46. The van der Waals surface area contributed by atoms with E-state index in [1.54, 1.807) is 12.1 Å². The van der Waals surface area contributed by atoms with Crippen LogP contribution in [0.1, 0.15) is 17.5 Å². The SMILES string of the molecule is O=S1(=O)CC[C@@H](N(Cc2ccccc2)C(=S)NCc2ccc(F)cc2)C1. The zero-order valence-electron chi connectivity index (χ0n) is 14.3. The van der Waals surface area contributed by atoms with Crippen molar-refractivity contribution >= 4 is 27.2 Å². The fraction of sp³-hybridized carbons (Fsp3) is 0.316. The van der Waals surface area contributed by atoms with Crippen molar-refractivity contribution in [2.45, 2.75) is 25.6 Å². The molecule has 1 aliphatic rings. The lowest BCUT2D eigenvalue weighted by atomic mass is 10.1. The maximum atomic E-state index is 13.0. The molecule has 1 aliphatic heterocycles. The molecule has 0 bridgehead atoms. The molecule has 0 radical (unpaired) electrons. The summed E-state index contributed by atoms with van der Waals surface area (Å²) in [5.41, 5.74) is 1.98. The van der Waals surface area contributed by atoms with Gasteiger partial charge in [-0.15, -0.1) is 0 Å². The van der Waals surface area contributed by atoms with Gasteiger partial charge in [0.25, 0.3) is 0 Å². The van der Waals surface area contributed by atoms with Crippen LogP contribution in [0.15, 0.2) is 54.6 Å². The van der Waals surface area contributed by atoms with E-state index < -0.39 is 9.84 Å². The highest BCUT2D eigenvalue weighted by molar-refractivity contribution is 7.91. The van der Waals surface area contributed by atoms with Crippen molar-refractivity contribution in [1.82, 2.24) is 10.2 Å². The number of benzene rings is 2. The predicted octanol–water partition coefficient (Wildman–Crippen LogP) is 2.89. The second kappa shape index (κ2) is 8.14. The third kappa shape index (κ3) is 5.02. The van der Waals surface area contributed by atoms with Gasteiger partial charge >= 0.3 is 0 Å². The Hall–Kier alpha value is -1.99. The molecule has 1 saturated heterocycles. The van der Waals surface area contributed by atoms with Crippen molar-refractivity contribution in [3.8, 4) is 0 Å². The Bertz CT molecular complexity index is 855. The molecule has 0 amide bonds. The number of nitrogens with one attached hydrogen (secondary N) is 1. The van der Waals surface area contributed by atoms with Crippen molar-refractivity contribution < 1.29 is 12.8 Å². The molecule has 1 atom stereocenters. The highest BCUT2D eigenvalue weighted by Crippen LogP contribution is 2.20. The molecule has 0 saturated carbocycles. The Morgan fingerprint density at radius 3 is 2.42 bits per heavy atom. The molecule has 4 nitrogen and oxygen atoms in total. The van der Waals surface area contributed by atoms with Crippen molar-refractivity contribution in [1.29, 1.82) is 0 Å². The molecule has 0 aliphatic carbocycles. The maximum Gasteiger partial charge on any atom is 0.169 e. The molecular formula is C19H21FN2O2S2. The van der Waals surface area contributed by atoms with Crippen LogP contribution in [0, 0.1) is 5.82 Å². The van der Waals surface area contributed by atoms with E-state index in [9.17, 15) is 12.8 Å². The standard InChI is InChI=1S/C19H21FN2O2S2/c20-17-8-6-15(7-9-17)12-21-19(25)22(13-16-4-2-1-3-5-16)18-10-11-26(23,24)14-18/h1-9,18H,10-14H2,(H,21,25)/t18-/m1/s1. The van der Waals surface area contributed by atoms with Gasteiger partial charge in [0.1, 0.15) is 5.82 Å². The number of rotatable bonds is 5. The first-order valence-electron chi connectivity index (χ1n) is 8.46. The molecule has 0 aromatic heterocycles. The topological polar surface area (TPSA) is 49.4 Å². The second-order valence-corrected chi connectivity index (χ2v) is 9.07. The Morgan fingerprint density at radius 1 is 1.12 bits per heavy atom. The lowest BCUT2D eigenvalue weighted by molar-refractivity contribution is 0.322. The molecule has 2 aromatic rings. The fourth-order valence-corrected chi connectivity index (χ4v) is 5.07. The van der Waals surface area contributed by atoms with Crippen LogP contribution in [-0.2, 0) is 22.9 Å². The third-order valence-corrected chi connectivity index (χ3v) is 6.59. The Balaban J connectivity index is 1.71. The summed E-state index contributed by atoms with van der Waals surface area (Å²) >= 11 is 5.56. The molecule has 1 fully saturated rings. The van der Waals surface area contributed by atoms with E-state index in [-0.39, 0.29) is 23.4 Å². The van der Waals surface area contributed by atoms with Gasteiger partial charge < -0.3 is 10.2 Å². The van der Waals surface area contributed by atoms with Crippen LogP contribution in [0.3, 0.4) is 0 Å². The molecule has 0 unspecified atom stereocenters. The van der Waals surface area contributed by atoms with Crippen molar-refractivity contribution in [2.75, 3.05) is 11.5 Å². The number of halogens is 1. The molecule has 7 heteroatoms. The van der Waals surface area contributed by atoms with Crippen LogP contribution in [0.25, 0.3) is 0 Å². The van der Waals surface area contributed by atoms with Crippen LogP contribution in [0.4, 0.5) is 4.39 Å². The van der Waals surface area contributed by atoms with Crippen LogP contribution < -0.4 is 5.32 Å². The molecule has 26 heavy (non-hydrogen) atoms. The molecule has 138 valence electrons. The highest BCUT2D eigenvalue weighted by atomic mass is 32.2. The minimum Gasteiger partial charge on any atom is -0.358 e. The average molecular weight is 393 g/mol. The van der Waals surface area contributed by atoms with E-state index in [2.05, 4.69) is 5.32 Å². The molecule has 0 spiro atoms. The summed E-state index contributed by atoms with van der Waals surface area (Å²) in [7, 11) is -3.01. The minimum absolute atomic E-state index is 0.123. The lowest BCUT2D eigenvalue weighted by Crippen LogP contribution is -2.45. The summed E-state index contributed by atoms with van der Waals surface area (Å²) in [6.45, 7) is 1.01. The Morgan fingerprint density at radius 2 is 1.81 bits per heavy atom. The predicted molar refractivity (Wildman–Crippen MR) is 105 cm³/mol. The fourth-order valence-electron chi connectivity index (χ4n) is 3.05. The van der Waals surface area contributed by atoms with E-state index in [4.69, 9.17) is 12.2 Å².